The molecule has 3 heteroatoms. The van der Waals surface area contributed by atoms with Gasteiger partial charge in [0.25, 0.3) is 0 Å². The van der Waals surface area contributed by atoms with Crippen molar-refractivity contribution in [3.05, 3.63) is 20.8 Å². The first-order valence-electron chi connectivity index (χ1n) is 5.98. The fraction of sp³-hybridized carbons (Fsp3) is 0.615. The zero-order valence-corrected chi connectivity index (χ0v) is 11.2. The summed E-state index contributed by atoms with van der Waals surface area (Å²) in [4.78, 5) is 13.1. The van der Waals surface area contributed by atoms with E-state index in [9.17, 15) is 4.79 Å². The zero-order valence-electron chi connectivity index (χ0n) is 9.59. The standard InChI is InChI=1S/C13H17ClOS/c1-9-8-16-13(11(9)14)12(15)10-6-4-2-3-5-7-10/h8,10H,2-7H2,1H3. The highest BCUT2D eigenvalue weighted by Gasteiger charge is 2.24. The number of Topliss-reactive ketones (excluding diaryl/α,β-unsaturated/α-hetero) is 1. The number of carbonyl (C=O) groups is 1. The number of aryl methyl sites for hydroxylation is 1. The molecule has 0 bridgehead atoms. The summed E-state index contributed by atoms with van der Waals surface area (Å²) in [5, 5.41) is 2.66. The van der Waals surface area contributed by atoms with Crippen LogP contribution in [0.3, 0.4) is 0 Å². The van der Waals surface area contributed by atoms with Crippen molar-refractivity contribution in [1.29, 1.82) is 0 Å². The lowest BCUT2D eigenvalue weighted by molar-refractivity contribution is 0.0912. The fourth-order valence-corrected chi connectivity index (χ4v) is 3.63. The second kappa shape index (κ2) is 5.33. The lowest BCUT2D eigenvalue weighted by Crippen LogP contribution is -2.13. The highest BCUT2D eigenvalue weighted by molar-refractivity contribution is 7.13. The summed E-state index contributed by atoms with van der Waals surface area (Å²) in [5.41, 5.74) is 1.03. The van der Waals surface area contributed by atoms with Crippen LogP contribution in [0.2, 0.25) is 5.02 Å². The Balaban J connectivity index is 2.14. The van der Waals surface area contributed by atoms with E-state index in [4.69, 9.17) is 11.6 Å². The smallest absolute Gasteiger partial charge is 0.177 e. The van der Waals surface area contributed by atoms with Gasteiger partial charge in [0, 0.05) is 5.92 Å². The fourth-order valence-electron chi connectivity index (χ4n) is 2.32. The summed E-state index contributed by atoms with van der Waals surface area (Å²) in [6, 6.07) is 0. The number of hydrogen-bond donors (Lipinski definition) is 0. The Morgan fingerprint density at radius 2 is 1.94 bits per heavy atom. The van der Waals surface area contributed by atoms with Gasteiger partial charge in [-0.1, -0.05) is 37.3 Å². The molecule has 1 aromatic heterocycles. The lowest BCUT2D eigenvalue weighted by atomic mass is 9.94. The Bertz CT molecular complexity index is 375. The number of ketones is 1. The second-order valence-electron chi connectivity index (χ2n) is 4.61. The van der Waals surface area contributed by atoms with Gasteiger partial charge in [-0.05, 0) is 30.7 Å². The van der Waals surface area contributed by atoms with Crippen LogP contribution in [0.15, 0.2) is 5.38 Å². The van der Waals surface area contributed by atoms with E-state index in [2.05, 4.69) is 0 Å². The van der Waals surface area contributed by atoms with Crippen LogP contribution < -0.4 is 0 Å². The van der Waals surface area contributed by atoms with Gasteiger partial charge in [-0.25, -0.2) is 0 Å². The van der Waals surface area contributed by atoms with Crippen LogP contribution in [-0.4, -0.2) is 5.78 Å². The van der Waals surface area contributed by atoms with Gasteiger partial charge < -0.3 is 0 Å². The maximum absolute atomic E-state index is 12.3. The predicted octanol–water partition coefficient (Wildman–Crippen LogP) is 4.86. The molecule has 1 fully saturated rings. The summed E-state index contributed by atoms with van der Waals surface area (Å²) in [6.07, 6.45) is 7.04. The Hall–Kier alpha value is -0.340. The van der Waals surface area contributed by atoms with Crippen molar-refractivity contribution in [2.75, 3.05) is 0 Å². The van der Waals surface area contributed by atoms with Crippen molar-refractivity contribution < 1.29 is 4.79 Å². The van der Waals surface area contributed by atoms with Gasteiger partial charge in [0.15, 0.2) is 5.78 Å². The quantitative estimate of drug-likeness (QED) is 0.545. The third kappa shape index (κ3) is 2.49. The molecule has 2 rings (SSSR count). The number of rotatable bonds is 2. The maximum atomic E-state index is 12.3. The van der Waals surface area contributed by atoms with Crippen molar-refractivity contribution in [2.45, 2.75) is 45.4 Å². The predicted molar refractivity (Wildman–Crippen MR) is 69.6 cm³/mol. The second-order valence-corrected chi connectivity index (χ2v) is 5.87. The van der Waals surface area contributed by atoms with Gasteiger partial charge in [-0.3, -0.25) is 4.79 Å². The minimum absolute atomic E-state index is 0.220. The zero-order chi connectivity index (χ0) is 11.5. The molecule has 1 aliphatic carbocycles. The Labute approximate surface area is 106 Å². The molecule has 0 aliphatic heterocycles. The molecule has 1 aromatic rings. The normalized spacial score (nSPS) is 18.4. The number of halogens is 1. The number of hydrogen-bond acceptors (Lipinski definition) is 2. The average molecular weight is 257 g/mol. The van der Waals surface area contributed by atoms with Crippen LogP contribution >= 0.6 is 22.9 Å². The van der Waals surface area contributed by atoms with Crippen molar-refractivity contribution >= 4 is 28.7 Å². The van der Waals surface area contributed by atoms with E-state index in [1.54, 1.807) is 0 Å². The van der Waals surface area contributed by atoms with Crippen LogP contribution in [0.4, 0.5) is 0 Å². The van der Waals surface area contributed by atoms with Gasteiger partial charge >= 0.3 is 0 Å². The Morgan fingerprint density at radius 1 is 1.31 bits per heavy atom. The topological polar surface area (TPSA) is 17.1 Å². The molecule has 0 unspecified atom stereocenters. The van der Waals surface area contributed by atoms with Crippen LogP contribution in [0.5, 0.6) is 0 Å². The Kier molecular flexibility index (Phi) is 4.04. The highest BCUT2D eigenvalue weighted by Crippen LogP contribution is 2.33. The van der Waals surface area contributed by atoms with E-state index >= 15 is 0 Å². The first kappa shape index (κ1) is 12.1. The first-order chi connectivity index (χ1) is 7.70. The van der Waals surface area contributed by atoms with E-state index < -0.39 is 0 Å². The van der Waals surface area contributed by atoms with E-state index in [0.29, 0.717) is 5.02 Å². The van der Waals surface area contributed by atoms with Crippen molar-refractivity contribution in [1.82, 2.24) is 0 Å². The average Bonchev–Trinajstić information content (AvgIpc) is 2.53. The number of thiophene rings is 1. The molecule has 1 heterocycles. The molecule has 88 valence electrons. The van der Waals surface area contributed by atoms with E-state index in [1.165, 1.54) is 37.0 Å². The molecule has 0 radical (unpaired) electrons. The molecule has 1 aliphatic rings. The van der Waals surface area contributed by atoms with Crippen LogP contribution in [0.25, 0.3) is 0 Å². The SMILES string of the molecule is Cc1csc(C(=O)C2CCCCCC2)c1Cl. The lowest BCUT2D eigenvalue weighted by Gasteiger charge is -2.11. The van der Waals surface area contributed by atoms with Crippen LogP contribution in [-0.2, 0) is 0 Å². The van der Waals surface area contributed by atoms with E-state index in [0.717, 1.165) is 23.3 Å². The van der Waals surface area contributed by atoms with Crippen LogP contribution in [0.1, 0.15) is 53.8 Å². The molecule has 0 aromatic carbocycles. The van der Waals surface area contributed by atoms with E-state index in [1.807, 2.05) is 12.3 Å². The molecule has 0 atom stereocenters. The van der Waals surface area contributed by atoms with Crippen molar-refractivity contribution in [3.8, 4) is 0 Å². The highest BCUT2D eigenvalue weighted by atomic mass is 35.5. The van der Waals surface area contributed by atoms with Crippen molar-refractivity contribution in [3.63, 3.8) is 0 Å². The summed E-state index contributed by atoms with van der Waals surface area (Å²) >= 11 is 7.66. The van der Waals surface area contributed by atoms with E-state index in [-0.39, 0.29) is 11.7 Å². The third-order valence-corrected chi connectivity index (χ3v) is 5.06. The molecule has 16 heavy (non-hydrogen) atoms. The van der Waals surface area contributed by atoms with Gasteiger partial charge in [0.1, 0.15) is 0 Å². The summed E-state index contributed by atoms with van der Waals surface area (Å²) in [6.45, 7) is 1.96. The molecule has 1 nitrogen and oxygen atoms in total. The molecule has 0 N–H and O–H groups in total. The van der Waals surface area contributed by atoms with Gasteiger partial charge in [-0.15, -0.1) is 11.3 Å². The molecule has 0 spiro atoms. The maximum Gasteiger partial charge on any atom is 0.177 e. The van der Waals surface area contributed by atoms with Gasteiger partial charge in [0.05, 0.1) is 9.90 Å². The van der Waals surface area contributed by atoms with Crippen LogP contribution in [0, 0.1) is 12.8 Å². The summed E-state index contributed by atoms with van der Waals surface area (Å²) in [7, 11) is 0. The molecular formula is C13H17ClOS. The molecule has 0 saturated heterocycles. The van der Waals surface area contributed by atoms with Gasteiger partial charge in [0.2, 0.25) is 0 Å². The monoisotopic (exact) mass is 256 g/mol. The first-order valence-corrected chi connectivity index (χ1v) is 7.23. The molecular weight excluding hydrogens is 240 g/mol. The Morgan fingerprint density at radius 3 is 2.44 bits per heavy atom. The summed E-state index contributed by atoms with van der Waals surface area (Å²) in [5.74, 6) is 0.503. The minimum atomic E-state index is 0.220. The van der Waals surface area contributed by atoms with Crippen molar-refractivity contribution in [2.24, 2.45) is 5.92 Å². The van der Waals surface area contributed by atoms with Gasteiger partial charge in [-0.2, -0.15) is 0 Å². The molecule has 0 amide bonds. The largest absolute Gasteiger partial charge is 0.293 e. The molecule has 1 saturated carbocycles. The third-order valence-electron chi connectivity index (χ3n) is 3.35. The number of carbonyl (C=O) groups excluding carboxylic acids is 1. The summed E-state index contributed by atoms with van der Waals surface area (Å²) < 4.78 is 0. The minimum Gasteiger partial charge on any atom is -0.293 e.